The molecule has 2 atom stereocenters. The van der Waals surface area contributed by atoms with Gasteiger partial charge in [0.2, 0.25) is 5.91 Å². The van der Waals surface area contributed by atoms with Gasteiger partial charge in [0.15, 0.2) is 0 Å². The highest BCUT2D eigenvalue weighted by molar-refractivity contribution is 7.16. The summed E-state index contributed by atoms with van der Waals surface area (Å²) in [5.41, 5.74) is 0.150. The maximum atomic E-state index is 12.0. The molecule has 0 bridgehead atoms. The molecule has 0 radical (unpaired) electrons. The summed E-state index contributed by atoms with van der Waals surface area (Å²) >= 11 is 1.28. The van der Waals surface area contributed by atoms with Crippen molar-refractivity contribution in [2.45, 2.75) is 26.4 Å². The first-order chi connectivity index (χ1) is 8.49. The molecule has 0 aromatic carbocycles. The van der Waals surface area contributed by atoms with Crippen molar-refractivity contribution < 1.29 is 19.4 Å². The van der Waals surface area contributed by atoms with Gasteiger partial charge >= 0.3 is 5.97 Å². The standard InChI is InChI=1S/C12H15NO4S/c1-6-5-9(12(15)16)11(18-6)13-10(14)8-3-4-17-7(8)2/h5,7-8H,3-4H2,1-2H3,(H,13,14)(H,15,16). The van der Waals surface area contributed by atoms with Crippen LogP contribution in [0.15, 0.2) is 6.07 Å². The Hall–Kier alpha value is -1.40. The minimum atomic E-state index is -1.02. The number of carboxylic acids is 1. The third-order valence-corrected chi connectivity index (χ3v) is 4.00. The Morgan fingerprint density at radius 2 is 2.28 bits per heavy atom. The maximum Gasteiger partial charge on any atom is 0.338 e. The summed E-state index contributed by atoms with van der Waals surface area (Å²) < 4.78 is 5.33. The number of hydrogen-bond donors (Lipinski definition) is 2. The van der Waals surface area contributed by atoms with E-state index in [2.05, 4.69) is 5.32 Å². The zero-order valence-electron chi connectivity index (χ0n) is 10.2. The van der Waals surface area contributed by atoms with Gasteiger partial charge in [0.1, 0.15) is 5.00 Å². The molecule has 1 aliphatic heterocycles. The van der Waals surface area contributed by atoms with Crippen molar-refractivity contribution in [3.63, 3.8) is 0 Å². The summed E-state index contributed by atoms with van der Waals surface area (Å²) in [6, 6.07) is 1.57. The van der Waals surface area contributed by atoms with Gasteiger partial charge in [-0.05, 0) is 26.3 Å². The second-order valence-electron chi connectivity index (χ2n) is 4.37. The van der Waals surface area contributed by atoms with Crippen molar-refractivity contribution in [3.8, 4) is 0 Å². The summed E-state index contributed by atoms with van der Waals surface area (Å²) in [4.78, 5) is 23.9. The number of hydrogen-bond acceptors (Lipinski definition) is 4. The second kappa shape index (κ2) is 5.07. The molecule has 1 aliphatic rings. The second-order valence-corrected chi connectivity index (χ2v) is 5.62. The van der Waals surface area contributed by atoms with Gasteiger partial charge in [0.05, 0.1) is 17.6 Å². The minimum Gasteiger partial charge on any atom is -0.478 e. The Balaban J connectivity index is 2.14. The molecule has 98 valence electrons. The van der Waals surface area contributed by atoms with E-state index in [0.29, 0.717) is 18.0 Å². The molecule has 2 unspecified atom stereocenters. The van der Waals surface area contributed by atoms with Crippen LogP contribution in [0.5, 0.6) is 0 Å². The van der Waals surface area contributed by atoms with E-state index in [-0.39, 0.29) is 23.5 Å². The molecule has 2 N–H and O–H groups in total. The number of anilines is 1. The molecule has 0 spiro atoms. The fourth-order valence-corrected chi connectivity index (χ4v) is 2.95. The zero-order chi connectivity index (χ0) is 13.3. The third-order valence-electron chi connectivity index (χ3n) is 3.04. The van der Waals surface area contributed by atoms with Crippen molar-refractivity contribution >= 4 is 28.2 Å². The molecule has 2 rings (SSSR count). The van der Waals surface area contributed by atoms with Gasteiger partial charge in [0.25, 0.3) is 0 Å². The number of ether oxygens (including phenoxy) is 1. The van der Waals surface area contributed by atoms with Crippen molar-refractivity contribution in [3.05, 3.63) is 16.5 Å². The van der Waals surface area contributed by atoms with Crippen LogP contribution >= 0.6 is 11.3 Å². The highest BCUT2D eigenvalue weighted by atomic mass is 32.1. The molecule has 0 saturated carbocycles. The highest BCUT2D eigenvalue weighted by Crippen LogP contribution is 2.29. The smallest absolute Gasteiger partial charge is 0.338 e. The fraction of sp³-hybridized carbons (Fsp3) is 0.500. The van der Waals surface area contributed by atoms with Crippen LogP contribution in [0.4, 0.5) is 5.00 Å². The van der Waals surface area contributed by atoms with E-state index >= 15 is 0 Å². The Kier molecular flexibility index (Phi) is 3.68. The molecule has 2 heterocycles. The van der Waals surface area contributed by atoms with Crippen LogP contribution in [0.25, 0.3) is 0 Å². The van der Waals surface area contributed by atoms with Crippen LogP contribution in [-0.4, -0.2) is 29.7 Å². The third kappa shape index (κ3) is 2.54. The largest absolute Gasteiger partial charge is 0.478 e. The number of aromatic carboxylic acids is 1. The first-order valence-electron chi connectivity index (χ1n) is 5.75. The normalized spacial score (nSPS) is 23.0. The lowest BCUT2D eigenvalue weighted by Gasteiger charge is -2.13. The molecule has 1 aromatic rings. The van der Waals surface area contributed by atoms with E-state index in [9.17, 15) is 9.59 Å². The van der Waals surface area contributed by atoms with Gasteiger partial charge in [-0.2, -0.15) is 0 Å². The predicted octanol–water partition coefficient (Wildman–Crippen LogP) is 2.12. The molecule has 5 nitrogen and oxygen atoms in total. The monoisotopic (exact) mass is 269 g/mol. The van der Waals surface area contributed by atoms with Crippen LogP contribution in [-0.2, 0) is 9.53 Å². The number of carbonyl (C=O) groups is 2. The van der Waals surface area contributed by atoms with Crippen LogP contribution in [0.2, 0.25) is 0 Å². The van der Waals surface area contributed by atoms with E-state index in [0.717, 1.165) is 4.88 Å². The van der Waals surface area contributed by atoms with Crippen LogP contribution in [0, 0.1) is 12.8 Å². The molecule has 1 amide bonds. The predicted molar refractivity (Wildman–Crippen MR) is 68.2 cm³/mol. The topological polar surface area (TPSA) is 75.6 Å². The van der Waals surface area contributed by atoms with Gasteiger partial charge in [-0.1, -0.05) is 0 Å². The molecule has 1 aromatic heterocycles. The van der Waals surface area contributed by atoms with E-state index in [1.54, 1.807) is 6.07 Å². The van der Waals surface area contributed by atoms with Crippen molar-refractivity contribution in [1.82, 2.24) is 0 Å². The summed E-state index contributed by atoms with van der Waals surface area (Å²) in [6.45, 7) is 4.25. The number of aryl methyl sites for hydroxylation is 1. The first-order valence-corrected chi connectivity index (χ1v) is 6.57. The lowest BCUT2D eigenvalue weighted by molar-refractivity contribution is -0.121. The lowest BCUT2D eigenvalue weighted by Crippen LogP contribution is -2.27. The molecular formula is C12H15NO4S. The quantitative estimate of drug-likeness (QED) is 0.881. The van der Waals surface area contributed by atoms with Crippen LogP contribution < -0.4 is 5.32 Å². The Labute approximate surface area is 109 Å². The van der Waals surface area contributed by atoms with Gasteiger partial charge in [-0.25, -0.2) is 4.79 Å². The summed E-state index contributed by atoms with van der Waals surface area (Å²) in [5.74, 6) is -1.39. The lowest BCUT2D eigenvalue weighted by atomic mass is 10.0. The van der Waals surface area contributed by atoms with Gasteiger partial charge in [0, 0.05) is 11.5 Å². The van der Waals surface area contributed by atoms with Gasteiger partial charge < -0.3 is 15.2 Å². The van der Waals surface area contributed by atoms with Crippen LogP contribution in [0.1, 0.15) is 28.6 Å². The van der Waals surface area contributed by atoms with Crippen molar-refractivity contribution in [2.24, 2.45) is 5.92 Å². The van der Waals surface area contributed by atoms with Gasteiger partial charge in [-0.3, -0.25) is 4.79 Å². The van der Waals surface area contributed by atoms with Crippen molar-refractivity contribution in [2.75, 3.05) is 11.9 Å². The minimum absolute atomic E-state index is 0.112. The van der Waals surface area contributed by atoms with E-state index in [1.807, 2.05) is 13.8 Å². The highest BCUT2D eigenvalue weighted by Gasteiger charge is 2.31. The summed E-state index contributed by atoms with van der Waals surface area (Å²) in [6.07, 6.45) is 0.569. The van der Waals surface area contributed by atoms with E-state index in [1.165, 1.54) is 11.3 Å². The molecule has 6 heteroatoms. The van der Waals surface area contributed by atoms with Gasteiger partial charge in [-0.15, -0.1) is 11.3 Å². The SMILES string of the molecule is Cc1cc(C(=O)O)c(NC(=O)C2CCOC2C)s1. The van der Waals surface area contributed by atoms with Crippen molar-refractivity contribution in [1.29, 1.82) is 0 Å². The number of thiophene rings is 1. The summed E-state index contributed by atoms with van der Waals surface area (Å²) in [7, 11) is 0. The molecule has 18 heavy (non-hydrogen) atoms. The summed E-state index contributed by atoms with van der Waals surface area (Å²) in [5, 5.41) is 12.2. The molecule has 1 saturated heterocycles. The number of carbonyl (C=O) groups excluding carboxylic acids is 1. The first kappa shape index (κ1) is 13.0. The maximum absolute atomic E-state index is 12.0. The Morgan fingerprint density at radius 3 is 2.83 bits per heavy atom. The zero-order valence-corrected chi connectivity index (χ0v) is 11.0. The number of carboxylic acid groups (broad SMARTS) is 1. The number of rotatable bonds is 3. The Morgan fingerprint density at radius 1 is 1.56 bits per heavy atom. The molecular weight excluding hydrogens is 254 g/mol. The van der Waals surface area contributed by atoms with Crippen LogP contribution in [0.3, 0.4) is 0 Å². The fourth-order valence-electron chi connectivity index (χ4n) is 2.05. The molecule has 1 fully saturated rings. The van der Waals surface area contributed by atoms with E-state index < -0.39 is 5.97 Å². The average Bonchev–Trinajstić information content (AvgIpc) is 2.84. The number of amides is 1. The molecule has 0 aliphatic carbocycles. The average molecular weight is 269 g/mol. The number of nitrogens with one attached hydrogen (secondary N) is 1. The Bertz CT molecular complexity index is 482. The van der Waals surface area contributed by atoms with E-state index in [4.69, 9.17) is 9.84 Å².